The lowest BCUT2D eigenvalue weighted by atomic mass is 10.3. The summed E-state index contributed by atoms with van der Waals surface area (Å²) in [4.78, 5) is 47.1. The minimum atomic E-state index is -0.545. The maximum absolute atomic E-state index is 12.1. The van der Waals surface area contributed by atoms with Gasteiger partial charge in [-0.3, -0.25) is 14.6 Å². The van der Waals surface area contributed by atoms with Crippen molar-refractivity contribution in [1.82, 2.24) is 19.5 Å². The van der Waals surface area contributed by atoms with Crippen LogP contribution in [0, 0.1) is 0 Å². The van der Waals surface area contributed by atoms with Crippen molar-refractivity contribution in [2.45, 2.75) is 13.0 Å². The number of carbonyl (C=O) groups is 1. The molecule has 0 radical (unpaired) electrons. The number of anilines is 2. The van der Waals surface area contributed by atoms with Crippen molar-refractivity contribution in [3.63, 3.8) is 0 Å². The van der Waals surface area contributed by atoms with Crippen LogP contribution in [-0.4, -0.2) is 51.7 Å². The molecule has 2 aromatic rings. The van der Waals surface area contributed by atoms with E-state index in [1.54, 1.807) is 6.07 Å². The molecule has 1 aliphatic rings. The molecule has 0 aliphatic carbocycles. The number of hydrogen-bond donors (Lipinski definition) is 2. The standard InChI is InChI=1S/C15H18N6O4/c22-13(1-3-21-4-2-14(23)19-15(21)24)18-11-9-12(17-10-16-11)20-5-7-25-8-6-20/h2,4,9-10H,1,3,5-8H2,(H,19,23,24)(H,16,17,18,22). The van der Waals surface area contributed by atoms with Crippen molar-refractivity contribution < 1.29 is 9.53 Å². The summed E-state index contributed by atoms with van der Waals surface area (Å²) in [6.07, 6.45) is 2.82. The molecule has 0 saturated carbocycles. The Morgan fingerprint density at radius 1 is 1.28 bits per heavy atom. The number of nitrogens with one attached hydrogen (secondary N) is 2. The Morgan fingerprint density at radius 3 is 2.84 bits per heavy atom. The fourth-order valence-corrected chi connectivity index (χ4v) is 2.43. The number of aromatic amines is 1. The lowest BCUT2D eigenvalue weighted by Gasteiger charge is -2.27. The molecule has 1 aliphatic heterocycles. The van der Waals surface area contributed by atoms with E-state index in [0.29, 0.717) is 19.0 Å². The molecule has 10 nitrogen and oxygen atoms in total. The summed E-state index contributed by atoms with van der Waals surface area (Å²) in [6.45, 7) is 2.90. The molecule has 1 fully saturated rings. The van der Waals surface area contributed by atoms with Crippen LogP contribution in [0.5, 0.6) is 0 Å². The Balaban J connectivity index is 1.59. The van der Waals surface area contributed by atoms with Crippen LogP contribution >= 0.6 is 0 Å². The zero-order valence-electron chi connectivity index (χ0n) is 13.5. The molecule has 0 bridgehead atoms. The van der Waals surface area contributed by atoms with Crippen molar-refractivity contribution in [1.29, 1.82) is 0 Å². The number of aromatic nitrogens is 4. The largest absolute Gasteiger partial charge is 0.378 e. The molecule has 3 rings (SSSR count). The number of ether oxygens (including phenoxy) is 1. The van der Waals surface area contributed by atoms with E-state index in [2.05, 4.69) is 25.2 Å². The third-order valence-corrected chi connectivity index (χ3v) is 3.73. The second-order valence-electron chi connectivity index (χ2n) is 5.46. The van der Waals surface area contributed by atoms with Gasteiger partial charge in [-0.15, -0.1) is 0 Å². The monoisotopic (exact) mass is 346 g/mol. The van der Waals surface area contributed by atoms with E-state index in [4.69, 9.17) is 4.74 Å². The number of amides is 1. The molecule has 132 valence electrons. The number of rotatable bonds is 5. The predicted molar refractivity (Wildman–Crippen MR) is 89.6 cm³/mol. The number of hydrogen-bond acceptors (Lipinski definition) is 7. The summed E-state index contributed by atoms with van der Waals surface area (Å²) in [6, 6.07) is 2.94. The Kier molecular flexibility index (Phi) is 5.19. The van der Waals surface area contributed by atoms with Gasteiger partial charge in [-0.2, -0.15) is 0 Å². The van der Waals surface area contributed by atoms with Crippen LogP contribution in [0.2, 0.25) is 0 Å². The smallest absolute Gasteiger partial charge is 0.328 e. The fourth-order valence-electron chi connectivity index (χ4n) is 2.43. The Hall–Kier alpha value is -3.01. The van der Waals surface area contributed by atoms with Gasteiger partial charge in [0.2, 0.25) is 5.91 Å². The molecule has 0 unspecified atom stereocenters. The number of H-pyrrole nitrogens is 1. The minimum Gasteiger partial charge on any atom is -0.378 e. The first-order valence-corrected chi connectivity index (χ1v) is 7.86. The lowest BCUT2D eigenvalue weighted by molar-refractivity contribution is -0.116. The number of nitrogens with zero attached hydrogens (tertiary/aromatic N) is 4. The van der Waals surface area contributed by atoms with Gasteiger partial charge in [0.05, 0.1) is 13.2 Å². The van der Waals surface area contributed by atoms with E-state index in [1.165, 1.54) is 23.2 Å². The Bertz CT molecular complexity index is 855. The third-order valence-electron chi connectivity index (χ3n) is 3.73. The average molecular weight is 346 g/mol. The number of aryl methyl sites for hydroxylation is 1. The molecule has 0 atom stereocenters. The molecule has 2 aromatic heterocycles. The van der Waals surface area contributed by atoms with E-state index in [-0.39, 0.29) is 18.9 Å². The van der Waals surface area contributed by atoms with E-state index in [9.17, 15) is 14.4 Å². The van der Waals surface area contributed by atoms with Crippen LogP contribution in [0.15, 0.2) is 34.2 Å². The summed E-state index contributed by atoms with van der Waals surface area (Å²) >= 11 is 0. The van der Waals surface area contributed by atoms with Crippen LogP contribution in [0.4, 0.5) is 11.6 Å². The maximum atomic E-state index is 12.1. The summed E-state index contributed by atoms with van der Waals surface area (Å²) in [5.41, 5.74) is -1.01. The molecule has 10 heteroatoms. The van der Waals surface area contributed by atoms with Gasteiger partial charge in [0.15, 0.2) is 0 Å². The molecular formula is C15H18N6O4. The first-order valence-electron chi connectivity index (χ1n) is 7.86. The van der Waals surface area contributed by atoms with Gasteiger partial charge in [-0.1, -0.05) is 0 Å². The predicted octanol–water partition coefficient (Wildman–Crippen LogP) is -0.808. The molecule has 0 spiro atoms. The highest BCUT2D eigenvalue weighted by Gasteiger charge is 2.13. The second-order valence-corrected chi connectivity index (χ2v) is 5.46. The highest BCUT2D eigenvalue weighted by atomic mass is 16.5. The second kappa shape index (κ2) is 7.71. The van der Waals surface area contributed by atoms with Crippen molar-refractivity contribution in [3.8, 4) is 0 Å². The SMILES string of the molecule is O=C(CCn1ccc(=O)[nH]c1=O)Nc1cc(N2CCOCC2)ncn1. The Morgan fingerprint density at radius 2 is 2.08 bits per heavy atom. The summed E-state index contributed by atoms with van der Waals surface area (Å²) in [5, 5.41) is 2.69. The van der Waals surface area contributed by atoms with Crippen LogP contribution in [0.3, 0.4) is 0 Å². The lowest BCUT2D eigenvalue weighted by Crippen LogP contribution is -2.36. The number of carbonyl (C=O) groups excluding carboxylic acids is 1. The summed E-state index contributed by atoms with van der Waals surface area (Å²) < 4.78 is 6.57. The van der Waals surface area contributed by atoms with E-state index < -0.39 is 11.2 Å². The van der Waals surface area contributed by atoms with Gasteiger partial charge >= 0.3 is 5.69 Å². The summed E-state index contributed by atoms with van der Waals surface area (Å²) in [7, 11) is 0. The van der Waals surface area contributed by atoms with Gasteiger partial charge in [0, 0.05) is 44.4 Å². The third kappa shape index (κ3) is 4.51. The molecular weight excluding hydrogens is 328 g/mol. The summed E-state index contributed by atoms with van der Waals surface area (Å²) in [5.74, 6) is 0.838. The molecule has 3 heterocycles. The van der Waals surface area contributed by atoms with E-state index >= 15 is 0 Å². The number of morpholine rings is 1. The van der Waals surface area contributed by atoms with Crippen LogP contribution in [-0.2, 0) is 16.1 Å². The van der Waals surface area contributed by atoms with Crippen molar-refractivity contribution in [2.75, 3.05) is 36.5 Å². The zero-order valence-corrected chi connectivity index (χ0v) is 13.5. The van der Waals surface area contributed by atoms with Crippen LogP contribution in [0.25, 0.3) is 0 Å². The zero-order chi connectivity index (χ0) is 17.6. The molecule has 1 amide bonds. The van der Waals surface area contributed by atoms with Gasteiger partial charge in [-0.05, 0) is 0 Å². The normalized spacial score (nSPS) is 14.3. The van der Waals surface area contributed by atoms with Crippen LogP contribution < -0.4 is 21.5 Å². The first kappa shape index (κ1) is 16.8. The highest BCUT2D eigenvalue weighted by Crippen LogP contribution is 2.15. The quantitative estimate of drug-likeness (QED) is 0.726. The maximum Gasteiger partial charge on any atom is 0.328 e. The first-order chi connectivity index (χ1) is 12.1. The fraction of sp³-hybridized carbons (Fsp3) is 0.400. The van der Waals surface area contributed by atoms with Gasteiger partial charge in [-0.25, -0.2) is 14.8 Å². The Labute approximate surface area is 142 Å². The van der Waals surface area contributed by atoms with Crippen molar-refractivity contribution in [3.05, 3.63) is 45.5 Å². The van der Waals surface area contributed by atoms with Gasteiger partial charge in [0.25, 0.3) is 5.56 Å². The molecule has 2 N–H and O–H groups in total. The van der Waals surface area contributed by atoms with Crippen molar-refractivity contribution >= 4 is 17.5 Å². The molecule has 1 saturated heterocycles. The topological polar surface area (TPSA) is 122 Å². The highest BCUT2D eigenvalue weighted by molar-refractivity contribution is 5.89. The minimum absolute atomic E-state index is 0.0723. The van der Waals surface area contributed by atoms with E-state index in [1.807, 2.05) is 0 Å². The average Bonchev–Trinajstić information content (AvgIpc) is 2.62. The van der Waals surface area contributed by atoms with Crippen LogP contribution in [0.1, 0.15) is 6.42 Å². The van der Waals surface area contributed by atoms with Gasteiger partial charge in [0.1, 0.15) is 18.0 Å². The molecule has 25 heavy (non-hydrogen) atoms. The van der Waals surface area contributed by atoms with E-state index in [0.717, 1.165) is 18.9 Å². The molecule has 0 aromatic carbocycles. The van der Waals surface area contributed by atoms with Crippen molar-refractivity contribution in [2.24, 2.45) is 0 Å². The van der Waals surface area contributed by atoms with Gasteiger partial charge < -0.3 is 19.5 Å².